The van der Waals surface area contributed by atoms with Crippen molar-refractivity contribution >= 4 is 28.5 Å². The van der Waals surface area contributed by atoms with Gasteiger partial charge in [-0.2, -0.15) is 0 Å². The number of nitrogens with one attached hydrogen (secondary N) is 2. The van der Waals surface area contributed by atoms with Crippen LogP contribution in [0.5, 0.6) is 5.75 Å². The van der Waals surface area contributed by atoms with Gasteiger partial charge in [-0.25, -0.2) is 14.2 Å². The maximum atomic E-state index is 13.4. The van der Waals surface area contributed by atoms with Gasteiger partial charge < -0.3 is 25.5 Å². The Kier molecular flexibility index (Phi) is 6.84. The summed E-state index contributed by atoms with van der Waals surface area (Å²) in [5.41, 5.74) is 11.4. The third-order valence-corrected chi connectivity index (χ3v) is 6.37. The van der Waals surface area contributed by atoms with Gasteiger partial charge >= 0.3 is 6.09 Å². The van der Waals surface area contributed by atoms with Gasteiger partial charge in [0.1, 0.15) is 11.5 Å². The Labute approximate surface area is 208 Å². The highest BCUT2D eigenvalue weighted by Crippen LogP contribution is 2.38. The number of carbonyl (C=O) groups excluding carboxylic acids is 1. The fourth-order valence-corrected chi connectivity index (χ4v) is 4.61. The van der Waals surface area contributed by atoms with E-state index in [0.717, 1.165) is 56.2 Å². The number of hydrogen-bond donors (Lipinski definition) is 3. The molecule has 2 aromatic carbocycles. The van der Waals surface area contributed by atoms with E-state index in [1.54, 1.807) is 12.1 Å². The largest absolute Gasteiger partial charge is 0.410 e. The number of benzene rings is 2. The average molecular weight is 490 g/mol. The van der Waals surface area contributed by atoms with Gasteiger partial charge in [0.25, 0.3) is 0 Å². The summed E-state index contributed by atoms with van der Waals surface area (Å²) >= 11 is 0. The minimum Gasteiger partial charge on any atom is -0.407 e. The third-order valence-electron chi connectivity index (χ3n) is 6.37. The van der Waals surface area contributed by atoms with Crippen LogP contribution < -0.4 is 15.8 Å². The summed E-state index contributed by atoms with van der Waals surface area (Å²) in [7, 11) is 0. The molecule has 1 aliphatic rings. The Morgan fingerprint density at radius 1 is 1.22 bits per heavy atom. The lowest BCUT2D eigenvalue weighted by molar-refractivity contribution is 0.0341. The first-order chi connectivity index (χ1) is 17.5. The first-order valence-electron chi connectivity index (χ1n) is 11.9. The monoisotopic (exact) mass is 489 g/mol. The lowest BCUT2D eigenvalue weighted by Crippen LogP contribution is -2.35. The molecule has 2 aromatic heterocycles. The van der Waals surface area contributed by atoms with Gasteiger partial charge in [-0.05, 0) is 59.5 Å². The molecular formula is C27H28FN5O3. The zero-order valence-electron chi connectivity index (χ0n) is 20.0. The summed E-state index contributed by atoms with van der Waals surface area (Å²) in [4.78, 5) is 21.7. The van der Waals surface area contributed by atoms with E-state index < -0.39 is 6.09 Å². The summed E-state index contributed by atoms with van der Waals surface area (Å²) in [5.74, 6) is -0.0863. The molecule has 1 aliphatic heterocycles. The summed E-state index contributed by atoms with van der Waals surface area (Å²) in [6.07, 6.45) is 1.35. The van der Waals surface area contributed by atoms with E-state index in [-0.39, 0.29) is 11.6 Å². The molecule has 1 fully saturated rings. The van der Waals surface area contributed by atoms with Crippen LogP contribution in [0.4, 0.5) is 20.6 Å². The van der Waals surface area contributed by atoms with Gasteiger partial charge in [-0.15, -0.1) is 0 Å². The Hall–Kier alpha value is -3.95. The second-order valence-electron chi connectivity index (χ2n) is 8.68. The average Bonchev–Trinajstić information content (AvgIpc) is 3.31. The number of aromatic amines is 1. The topological polar surface area (TPSA) is 106 Å². The number of amides is 1. The zero-order valence-corrected chi connectivity index (χ0v) is 20.0. The number of anilines is 2. The number of H-pyrrole nitrogens is 1. The fraction of sp³-hybridized carbons (Fsp3) is 0.259. The van der Waals surface area contributed by atoms with Crippen molar-refractivity contribution in [2.45, 2.75) is 19.9 Å². The van der Waals surface area contributed by atoms with Gasteiger partial charge in [0, 0.05) is 36.4 Å². The molecule has 0 atom stereocenters. The molecule has 4 aromatic rings. The van der Waals surface area contributed by atoms with Gasteiger partial charge in [-0.1, -0.05) is 19.1 Å². The SMILES string of the molecule is CCc1c(CN2CCOCC2)cccc1Nc1c(OC(N)=O)cnc2[nH]c(-c3ccc(F)cc3)cc12. The van der Waals surface area contributed by atoms with E-state index in [0.29, 0.717) is 16.7 Å². The third kappa shape index (κ3) is 5.02. The van der Waals surface area contributed by atoms with Gasteiger partial charge in [0.05, 0.1) is 25.1 Å². The van der Waals surface area contributed by atoms with E-state index in [4.69, 9.17) is 15.2 Å². The number of aromatic nitrogens is 2. The lowest BCUT2D eigenvalue weighted by atomic mass is 10.0. The molecule has 0 unspecified atom stereocenters. The van der Waals surface area contributed by atoms with Crippen molar-refractivity contribution in [3.63, 3.8) is 0 Å². The number of carbonyl (C=O) groups is 1. The van der Waals surface area contributed by atoms with Crippen LogP contribution in [-0.4, -0.2) is 47.3 Å². The Morgan fingerprint density at radius 2 is 2.00 bits per heavy atom. The normalized spacial score (nSPS) is 14.2. The number of fused-ring (bicyclic) bond motifs is 1. The van der Waals surface area contributed by atoms with E-state index >= 15 is 0 Å². The maximum Gasteiger partial charge on any atom is 0.410 e. The number of hydrogen-bond acceptors (Lipinski definition) is 6. The van der Waals surface area contributed by atoms with Gasteiger partial charge in [0.2, 0.25) is 0 Å². The van der Waals surface area contributed by atoms with Crippen LogP contribution in [0.3, 0.4) is 0 Å². The van der Waals surface area contributed by atoms with Crippen LogP contribution >= 0.6 is 0 Å². The van der Waals surface area contributed by atoms with Crippen LogP contribution in [-0.2, 0) is 17.7 Å². The molecule has 3 heterocycles. The molecule has 5 rings (SSSR count). The maximum absolute atomic E-state index is 13.4. The predicted octanol–water partition coefficient (Wildman–Crippen LogP) is 4.96. The van der Waals surface area contributed by atoms with Crippen molar-refractivity contribution in [3.8, 4) is 17.0 Å². The molecule has 36 heavy (non-hydrogen) atoms. The number of pyridine rings is 1. The van der Waals surface area contributed by atoms with E-state index in [1.165, 1.54) is 29.5 Å². The first-order valence-corrected chi connectivity index (χ1v) is 11.9. The van der Waals surface area contributed by atoms with Crippen LogP contribution in [0, 0.1) is 5.82 Å². The smallest absolute Gasteiger partial charge is 0.407 e. The molecule has 1 saturated heterocycles. The van der Waals surface area contributed by atoms with Gasteiger partial charge in [-0.3, -0.25) is 4.90 Å². The summed E-state index contributed by atoms with van der Waals surface area (Å²) in [6, 6.07) is 14.3. The number of primary amides is 1. The second-order valence-corrected chi connectivity index (χ2v) is 8.68. The van der Waals surface area contributed by atoms with E-state index in [9.17, 15) is 9.18 Å². The van der Waals surface area contributed by atoms with Crippen LogP contribution in [0.15, 0.2) is 54.7 Å². The summed E-state index contributed by atoms with van der Waals surface area (Å²) in [5, 5.41) is 4.21. The van der Waals surface area contributed by atoms with Crippen LogP contribution in [0.1, 0.15) is 18.1 Å². The molecule has 0 radical (unpaired) electrons. The van der Waals surface area contributed by atoms with Crippen molar-refractivity contribution in [1.29, 1.82) is 0 Å². The lowest BCUT2D eigenvalue weighted by Gasteiger charge is -2.28. The first kappa shape index (κ1) is 23.8. The molecule has 0 aliphatic carbocycles. The Bertz CT molecular complexity index is 1380. The molecule has 1 amide bonds. The molecular weight excluding hydrogens is 461 g/mol. The van der Waals surface area contributed by atoms with Crippen LogP contribution in [0.2, 0.25) is 0 Å². The number of nitrogens with zero attached hydrogens (tertiary/aromatic N) is 2. The summed E-state index contributed by atoms with van der Waals surface area (Å²) < 4.78 is 24.2. The molecule has 8 nitrogen and oxygen atoms in total. The van der Waals surface area contributed by atoms with E-state index in [2.05, 4.69) is 33.2 Å². The van der Waals surface area contributed by atoms with Crippen LogP contribution in [0.25, 0.3) is 22.3 Å². The second kappa shape index (κ2) is 10.3. The quantitative estimate of drug-likeness (QED) is 0.339. The highest BCUT2D eigenvalue weighted by atomic mass is 19.1. The summed E-state index contributed by atoms with van der Waals surface area (Å²) in [6.45, 7) is 6.24. The predicted molar refractivity (Wildman–Crippen MR) is 137 cm³/mol. The molecule has 0 spiro atoms. The van der Waals surface area contributed by atoms with Crippen molar-refractivity contribution in [2.75, 3.05) is 31.6 Å². The Morgan fingerprint density at radius 3 is 2.72 bits per heavy atom. The minimum absolute atomic E-state index is 0.222. The highest BCUT2D eigenvalue weighted by Gasteiger charge is 2.19. The number of halogens is 1. The molecule has 0 saturated carbocycles. The Balaban J connectivity index is 1.55. The number of morpholine rings is 1. The van der Waals surface area contributed by atoms with Crippen molar-refractivity contribution < 1.29 is 18.7 Å². The fourth-order valence-electron chi connectivity index (χ4n) is 4.61. The molecule has 9 heteroatoms. The molecule has 186 valence electrons. The molecule has 0 bridgehead atoms. The standard InChI is InChI=1S/C27H28FN5O3/c1-2-20-18(16-33-10-12-35-13-11-33)4-3-5-22(20)31-25-21-14-23(17-6-8-19(28)9-7-17)32-26(21)30-15-24(25)36-27(29)34/h3-9,14-15H,2,10-13,16H2,1H3,(H2,29,34)(H2,30,31,32). The molecule has 4 N–H and O–H groups in total. The highest BCUT2D eigenvalue weighted by molar-refractivity contribution is 5.98. The number of rotatable bonds is 7. The number of nitrogens with two attached hydrogens (primary N) is 1. The van der Waals surface area contributed by atoms with Crippen molar-refractivity contribution in [3.05, 3.63) is 71.7 Å². The van der Waals surface area contributed by atoms with Crippen molar-refractivity contribution in [1.82, 2.24) is 14.9 Å². The van der Waals surface area contributed by atoms with E-state index in [1.807, 2.05) is 18.2 Å². The zero-order chi connectivity index (χ0) is 25.1. The van der Waals surface area contributed by atoms with Gasteiger partial charge in [0.15, 0.2) is 5.75 Å². The minimum atomic E-state index is -0.926. The number of ether oxygens (including phenoxy) is 2. The van der Waals surface area contributed by atoms with Crippen molar-refractivity contribution in [2.24, 2.45) is 5.73 Å².